The summed E-state index contributed by atoms with van der Waals surface area (Å²) in [5, 5.41) is 23.1. The number of nitrogens with zero attached hydrogens (tertiary/aromatic N) is 2. The first-order valence-corrected chi connectivity index (χ1v) is 11.8. The average Bonchev–Trinajstić information content (AvgIpc) is 2.80. The maximum Gasteiger partial charge on any atom is 0.351 e. The quantitative estimate of drug-likeness (QED) is 0.627. The van der Waals surface area contributed by atoms with E-state index in [1.54, 1.807) is 0 Å². The molecule has 1 fully saturated rings. The van der Waals surface area contributed by atoms with Gasteiger partial charge in [0.25, 0.3) is 0 Å². The van der Waals surface area contributed by atoms with Gasteiger partial charge in [-0.15, -0.1) is 0 Å². The molecule has 0 bridgehead atoms. The predicted octanol–water partition coefficient (Wildman–Crippen LogP) is 0.843. The van der Waals surface area contributed by atoms with Crippen LogP contribution in [0.1, 0.15) is 33.9 Å². The van der Waals surface area contributed by atoms with E-state index < -0.39 is 38.5 Å². The summed E-state index contributed by atoms with van der Waals surface area (Å²) in [6, 6.07) is 1.42. The van der Waals surface area contributed by atoms with E-state index in [0.29, 0.717) is 0 Å². The summed E-state index contributed by atoms with van der Waals surface area (Å²) in [7, 11) is -2.05. The van der Waals surface area contributed by atoms with E-state index in [1.165, 1.54) is 19.2 Å². The van der Waals surface area contributed by atoms with Crippen LogP contribution in [0.2, 0.25) is 18.1 Å². The second kappa shape index (κ2) is 7.80. The second-order valence-corrected chi connectivity index (χ2v) is 13.1. The maximum atomic E-state index is 12.2. The molecule has 3 N–H and O–H groups in total. The molecule has 0 spiro atoms. The Morgan fingerprint density at radius 2 is 2.00 bits per heavy atom. The summed E-state index contributed by atoms with van der Waals surface area (Å²) in [6.45, 7) is 11.9. The zero-order valence-corrected chi connectivity index (χ0v) is 17.6. The number of carbonyl (C=O) groups is 1. The van der Waals surface area contributed by atoms with E-state index in [0.717, 1.165) is 4.57 Å². The highest BCUT2D eigenvalue weighted by atomic mass is 28.4. The van der Waals surface area contributed by atoms with Gasteiger partial charge < -0.3 is 24.7 Å². The molecule has 1 amide bonds. The van der Waals surface area contributed by atoms with E-state index in [9.17, 15) is 19.8 Å². The summed E-state index contributed by atoms with van der Waals surface area (Å²) in [4.78, 5) is 27.0. The Morgan fingerprint density at radius 1 is 1.37 bits per heavy atom. The minimum Gasteiger partial charge on any atom is -0.414 e. The minimum atomic E-state index is -2.05. The van der Waals surface area contributed by atoms with Crippen LogP contribution in [-0.2, 0) is 14.0 Å². The molecule has 1 aromatic rings. The first-order valence-electron chi connectivity index (χ1n) is 8.86. The molecule has 1 aliphatic heterocycles. The fourth-order valence-corrected chi connectivity index (χ4v) is 3.47. The lowest BCUT2D eigenvalue weighted by Gasteiger charge is -2.37. The molecule has 0 radical (unpaired) electrons. The first kappa shape index (κ1) is 21.7. The van der Waals surface area contributed by atoms with Gasteiger partial charge in [0.2, 0.25) is 5.91 Å². The van der Waals surface area contributed by atoms with Crippen LogP contribution >= 0.6 is 0 Å². The van der Waals surface area contributed by atoms with Crippen LogP contribution in [0.4, 0.5) is 5.82 Å². The fourth-order valence-electron chi connectivity index (χ4n) is 2.46. The molecular weight excluding hydrogens is 370 g/mol. The van der Waals surface area contributed by atoms with Gasteiger partial charge in [-0.3, -0.25) is 9.36 Å². The summed E-state index contributed by atoms with van der Waals surface area (Å²) in [5.74, 6) is -0.246. The third-order valence-electron chi connectivity index (χ3n) is 5.16. The number of rotatable bonds is 5. The zero-order chi connectivity index (χ0) is 20.6. The standard InChI is InChI=1S/C17H29N3O6Si/c1-10(21)18-12-7-8-20(16(24)19-12)15-14(23)13(22)11(26-15)9-25-27(5,6)17(2,3)4/h7-8,11,13-15,22-23H,9H2,1-6H3,(H,18,19,21,24)/t11-,13-,14-,15-/m1/s1. The van der Waals surface area contributed by atoms with Crippen LogP contribution in [-0.4, -0.2) is 58.9 Å². The van der Waals surface area contributed by atoms with Crippen LogP contribution < -0.4 is 11.0 Å². The highest BCUT2D eigenvalue weighted by Crippen LogP contribution is 2.37. The van der Waals surface area contributed by atoms with Crippen LogP contribution in [0.15, 0.2) is 17.1 Å². The van der Waals surface area contributed by atoms with Gasteiger partial charge in [0.15, 0.2) is 14.5 Å². The topological polar surface area (TPSA) is 123 Å². The maximum absolute atomic E-state index is 12.2. The van der Waals surface area contributed by atoms with Gasteiger partial charge in [0.1, 0.15) is 24.1 Å². The van der Waals surface area contributed by atoms with E-state index >= 15 is 0 Å². The number of carbonyl (C=O) groups excluding carboxylic acids is 1. The molecule has 10 heteroatoms. The van der Waals surface area contributed by atoms with Gasteiger partial charge >= 0.3 is 5.69 Å². The van der Waals surface area contributed by atoms with Crippen molar-refractivity contribution in [1.29, 1.82) is 0 Å². The minimum absolute atomic E-state index is 0.00498. The van der Waals surface area contributed by atoms with Gasteiger partial charge in [-0.1, -0.05) is 20.8 Å². The van der Waals surface area contributed by atoms with Crippen LogP contribution in [0, 0.1) is 0 Å². The third-order valence-corrected chi connectivity index (χ3v) is 9.66. The number of amides is 1. The second-order valence-electron chi connectivity index (χ2n) is 8.30. The van der Waals surface area contributed by atoms with Crippen molar-refractivity contribution in [3.63, 3.8) is 0 Å². The Balaban J connectivity index is 2.13. The van der Waals surface area contributed by atoms with Crippen LogP contribution in [0.3, 0.4) is 0 Å². The van der Waals surface area contributed by atoms with Crippen molar-refractivity contribution in [3.8, 4) is 0 Å². The van der Waals surface area contributed by atoms with E-state index in [-0.39, 0.29) is 23.4 Å². The van der Waals surface area contributed by atoms with E-state index in [2.05, 4.69) is 44.2 Å². The fraction of sp³-hybridized carbons (Fsp3) is 0.706. The van der Waals surface area contributed by atoms with Crippen LogP contribution in [0.5, 0.6) is 0 Å². The molecule has 4 atom stereocenters. The number of hydrogen-bond acceptors (Lipinski definition) is 7. The SMILES string of the molecule is CC(=O)Nc1ccn([C@@H]2O[C@H](CO[Si](C)(C)C(C)(C)C)[C@@H](O)[C@H]2O)c(=O)n1. The summed E-state index contributed by atoms with van der Waals surface area (Å²) in [6.07, 6.45) is -2.98. The Kier molecular flexibility index (Phi) is 6.27. The third kappa shape index (κ3) is 4.82. The summed E-state index contributed by atoms with van der Waals surface area (Å²) < 4.78 is 12.9. The average molecular weight is 400 g/mol. The number of hydrogen-bond donors (Lipinski definition) is 3. The Bertz CT molecular complexity index is 745. The lowest BCUT2D eigenvalue weighted by atomic mass is 10.1. The molecule has 2 heterocycles. The Morgan fingerprint density at radius 3 is 2.52 bits per heavy atom. The molecule has 1 aliphatic rings. The van der Waals surface area contributed by atoms with Gasteiger partial charge in [-0.05, 0) is 24.2 Å². The monoisotopic (exact) mass is 399 g/mol. The van der Waals surface area contributed by atoms with Crippen molar-refractivity contribution in [2.75, 3.05) is 11.9 Å². The molecular formula is C17H29N3O6Si. The predicted molar refractivity (Wildman–Crippen MR) is 102 cm³/mol. The van der Waals surface area contributed by atoms with Crippen LogP contribution in [0.25, 0.3) is 0 Å². The Labute approximate surface area is 159 Å². The van der Waals surface area contributed by atoms with E-state index in [4.69, 9.17) is 9.16 Å². The van der Waals surface area contributed by atoms with Crippen molar-refractivity contribution in [3.05, 3.63) is 22.7 Å². The van der Waals surface area contributed by atoms with E-state index in [1.807, 2.05) is 0 Å². The molecule has 27 heavy (non-hydrogen) atoms. The van der Waals surface area contributed by atoms with Gasteiger partial charge in [-0.2, -0.15) is 4.98 Å². The molecule has 0 unspecified atom stereocenters. The number of aromatic nitrogens is 2. The molecule has 1 aromatic heterocycles. The summed E-state index contributed by atoms with van der Waals surface area (Å²) >= 11 is 0. The lowest BCUT2D eigenvalue weighted by molar-refractivity contribution is -0.114. The molecule has 0 aromatic carbocycles. The van der Waals surface area contributed by atoms with Crippen molar-refractivity contribution in [2.45, 2.75) is 70.4 Å². The highest BCUT2D eigenvalue weighted by molar-refractivity contribution is 6.74. The van der Waals surface area contributed by atoms with Crippen molar-refractivity contribution >= 4 is 20.0 Å². The van der Waals surface area contributed by atoms with Crippen molar-refractivity contribution in [2.24, 2.45) is 0 Å². The number of aliphatic hydroxyl groups excluding tert-OH is 2. The molecule has 0 aliphatic carbocycles. The van der Waals surface area contributed by atoms with Crippen molar-refractivity contribution in [1.82, 2.24) is 9.55 Å². The normalized spacial score (nSPS) is 26.2. The number of nitrogens with one attached hydrogen (secondary N) is 1. The lowest BCUT2D eigenvalue weighted by Crippen LogP contribution is -2.44. The molecule has 0 saturated carbocycles. The molecule has 2 rings (SSSR count). The summed E-state index contributed by atoms with van der Waals surface area (Å²) in [5.41, 5.74) is -0.705. The molecule has 9 nitrogen and oxygen atoms in total. The van der Waals surface area contributed by atoms with Gasteiger partial charge in [-0.25, -0.2) is 4.79 Å². The van der Waals surface area contributed by atoms with Gasteiger partial charge in [0.05, 0.1) is 6.61 Å². The molecule has 152 valence electrons. The zero-order valence-electron chi connectivity index (χ0n) is 16.6. The van der Waals surface area contributed by atoms with Crippen molar-refractivity contribution < 1.29 is 24.2 Å². The Hall–Kier alpha value is -1.59. The van der Waals surface area contributed by atoms with Gasteiger partial charge in [0, 0.05) is 13.1 Å². The number of anilines is 1. The first-order chi connectivity index (χ1) is 12.3. The largest absolute Gasteiger partial charge is 0.414 e. The number of ether oxygens (including phenoxy) is 1. The number of aliphatic hydroxyl groups is 2. The smallest absolute Gasteiger partial charge is 0.351 e. The molecule has 1 saturated heterocycles. The highest BCUT2D eigenvalue weighted by Gasteiger charge is 2.46.